The van der Waals surface area contributed by atoms with Crippen LogP contribution in [0.1, 0.15) is 18.4 Å². The first-order chi connectivity index (χ1) is 7.63. The average Bonchev–Trinajstić information content (AvgIpc) is 2.39. The highest BCUT2D eigenvalue weighted by Gasteiger charge is 2.20. The van der Waals surface area contributed by atoms with Gasteiger partial charge in [0.25, 0.3) is 0 Å². The van der Waals surface area contributed by atoms with Gasteiger partial charge in [-0.1, -0.05) is 0 Å². The molecule has 4 heteroatoms. The number of fused-ring (bicyclic) bond motifs is 1. The summed E-state index contributed by atoms with van der Waals surface area (Å²) in [4.78, 5) is 13.5. The summed E-state index contributed by atoms with van der Waals surface area (Å²) >= 11 is 3.47. The van der Waals surface area contributed by atoms with E-state index < -0.39 is 0 Å². The zero-order valence-electron chi connectivity index (χ0n) is 9.42. The Morgan fingerprint density at radius 2 is 2.12 bits per heavy atom. The first-order valence-electron chi connectivity index (χ1n) is 5.26. The molecule has 1 amide bonds. The summed E-state index contributed by atoms with van der Waals surface area (Å²) in [6, 6.07) is 3.96. The van der Waals surface area contributed by atoms with Crippen molar-refractivity contribution in [3.8, 4) is 5.75 Å². The van der Waals surface area contributed by atoms with Crippen LogP contribution < -0.4 is 9.64 Å². The quantitative estimate of drug-likeness (QED) is 0.793. The molecule has 0 radical (unpaired) electrons. The lowest BCUT2D eigenvalue weighted by Crippen LogP contribution is -2.25. The summed E-state index contributed by atoms with van der Waals surface area (Å²) in [5.74, 6) is 0.934. The number of aryl methyl sites for hydroxylation is 1. The van der Waals surface area contributed by atoms with Crippen LogP contribution in [0.5, 0.6) is 5.75 Å². The van der Waals surface area contributed by atoms with Crippen molar-refractivity contribution in [1.29, 1.82) is 0 Å². The fourth-order valence-corrected chi connectivity index (χ4v) is 2.54. The molecule has 0 aromatic heterocycles. The van der Waals surface area contributed by atoms with E-state index in [2.05, 4.69) is 15.9 Å². The second-order valence-electron chi connectivity index (χ2n) is 3.92. The van der Waals surface area contributed by atoms with Crippen molar-refractivity contribution in [2.24, 2.45) is 0 Å². The molecule has 0 bridgehead atoms. The molecule has 16 heavy (non-hydrogen) atoms. The number of hydrogen-bond acceptors (Lipinski definition) is 2. The molecular formula is C12H14BrNO2. The molecular weight excluding hydrogens is 270 g/mol. The molecule has 1 aliphatic rings. The van der Waals surface area contributed by atoms with Crippen LogP contribution in [0.15, 0.2) is 16.6 Å². The first-order valence-corrected chi connectivity index (χ1v) is 6.05. The maximum Gasteiger partial charge on any atom is 0.226 e. The van der Waals surface area contributed by atoms with Crippen LogP contribution in [0.25, 0.3) is 0 Å². The van der Waals surface area contributed by atoms with Gasteiger partial charge in [-0.3, -0.25) is 4.79 Å². The molecule has 0 N–H and O–H groups in total. The summed E-state index contributed by atoms with van der Waals surface area (Å²) < 4.78 is 6.19. The molecule has 0 aliphatic carbocycles. The van der Waals surface area contributed by atoms with Gasteiger partial charge < -0.3 is 9.64 Å². The minimum atomic E-state index is 0.170. The van der Waals surface area contributed by atoms with E-state index in [0.29, 0.717) is 6.42 Å². The van der Waals surface area contributed by atoms with Gasteiger partial charge in [0, 0.05) is 19.5 Å². The minimum absolute atomic E-state index is 0.170. The van der Waals surface area contributed by atoms with Gasteiger partial charge in [-0.25, -0.2) is 0 Å². The number of carbonyl (C=O) groups is 1. The van der Waals surface area contributed by atoms with E-state index in [-0.39, 0.29) is 5.91 Å². The Bertz CT molecular complexity index is 431. The lowest BCUT2D eigenvalue weighted by atomic mass is 10.1. The highest BCUT2D eigenvalue weighted by Crippen LogP contribution is 2.35. The lowest BCUT2D eigenvalue weighted by molar-refractivity contribution is -0.118. The van der Waals surface area contributed by atoms with Crippen molar-refractivity contribution in [3.63, 3.8) is 0 Å². The summed E-state index contributed by atoms with van der Waals surface area (Å²) in [5.41, 5.74) is 2.16. The van der Waals surface area contributed by atoms with Crippen LogP contribution in [-0.2, 0) is 11.2 Å². The van der Waals surface area contributed by atoms with Crippen molar-refractivity contribution >= 4 is 27.5 Å². The molecule has 1 aliphatic heterocycles. The number of hydrogen-bond donors (Lipinski definition) is 0. The molecule has 1 aromatic rings. The number of benzene rings is 1. The molecule has 1 aromatic carbocycles. The van der Waals surface area contributed by atoms with Gasteiger partial charge in [0.15, 0.2) is 0 Å². The van der Waals surface area contributed by atoms with Gasteiger partial charge in [-0.05, 0) is 40.4 Å². The van der Waals surface area contributed by atoms with Gasteiger partial charge in [-0.2, -0.15) is 0 Å². The normalized spacial score (nSPS) is 15.7. The van der Waals surface area contributed by atoms with Gasteiger partial charge in [0.1, 0.15) is 5.75 Å². The maximum atomic E-state index is 11.7. The van der Waals surface area contributed by atoms with E-state index in [0.717, 1.165) is 28.8 Å². The molecule has 86 valence electrons. The summed E-state index contributed by atoms with van der Waals surface area (Å²) in [7, 11) is 3.45. The molecule has 0 spiro atoms. The third kappa shape index (κ3) is 1.94. The van der Waals surface area contributed by atoms with Crippen LogP contribution >= 0.6 is 15.9 Å². The predicted octanol–water partition coefficient (Wildman–Crippen LogP) is 2.76. The van der Waals surface area contributed by atoms with Gasteiger partial charge in [-0.15, -0.1) is 0 Å². The van der Waals surface area contributed by atoms with Crippen molar-refractivity contribution in [2.75, 3.05) is 19.1 Å². The number of ether oxygens (including phenoxy) is 1. The van der Waals surface area contributed by atoms with Crippen LogP contribution in [0, 0.1) is 0 Å². The van der Waals surface area contributed by atoms with E-state index in [1.54, 1.807) is 12.0 Å². The Balaban J connectivity index is 2.53. The molecule has 2 rings (SSSR count). The number of amides is 1. The summed E-state index contributed by atoms with van der Waals surface area (Å²) in [6.07, 6.45) is 2.47. The topological polar surface area (TPSA) is 29.5 Å². The first kappa shape index (κ1) is 11.5. The largest absolute Gasteiger partial charge is 0.495 e. The number of methoxy groups -OCH3 is 1. The second-order valence-corrected chi connectivity index (χ2v) is 4.78. The maximum absolute atomic E-state index is 11.7. The number of nitrogens with zero attached hydrogens (tertiary/aromatic N) is 1. The Kier molecular flexibility index (Phi) is 3.19. The van der Waals surface area contributed by atoms with Crippen molar-refractivity contribution in [2.45, 2.75) is 19.3 Å². The number of carbonyl (C=O) groups excluding carboxylic acids is 1. The number of halogens is 1. The molecule has 0 unspecified atom stereocenters. The number of anilines is 1. The van der Waals surface area contributed by atoms with E-state index in [1.807, 2.05) is 19.2 Å². The van der Waals surface area contributed by atoms with Crippen molar-refractivity contribution in [1.82, 2.24) is 0 Å². The molecule has 3 nitrogen and oxygen atoms in total. The van der Waals surface area contributed by atoms with Gasteiger partial charge in [0.05, 0.1) is 17.3 Å². The van der Waals surface area contributed by atoms with Crippen molar-refractivity contribution in [3.05, 3.63) is 22.2 Å². The van der Waals surface area contributed by atoms with Crippen molar-refractivity contribution < 1.29 is 9.53 Å². The molecule has 0 atom stereocenters. The Morgan fingerprint density at radius 1 is 1.38 bits per heavy atom. The standard InChI is InChI=1S/C12H14BrNO2/c1-14-10-7-11(16-2)9(13)6-8(10)4-3-5-12(14)15/h6-7H,3-5H2,1-2H3. The monoisotopic (exact) mass is 283 g/mol. The van der Waals surface area contributed by atoms with E-state index in [4.69, 9.17) is 4.74 Å². The van der Waals surface area contributed by atoms with Crippen LogP contribution in [0.4, 0.5) is 5.69 Å². The molecule has 0 fully saturated rings. The third-order valence-corrected chi connectivity index (χ3v) is 3.54. The Morgan fingerprint density at radius 3 is 2.81 bits per heavy atom. The zero-order chi connectivity index (χ0) is 11.7. The smallest absolute Gasteiger partial charge is 0.226 e. The summed E-state index contributed by atoms with van der Waals surface area (Å²) in [5, 5.41) is 0. The molecule has 0 saturated carbocycles. The van der Waals surface area contributed by atoms with Crippen LogP contribution in [0.3, 0.4) is 0 Å². The minimum Gasteiger partial charge on any atom is -0.495 e. The highest BCUT2D eigenvalue weighted by atomic mass is 79.9. The van der Waals surface area contributed by atoms with E-state index >= 15 is 0 Å². The second kappa shape index (κ2) is 4.45. The Hall–Kier alpha value is -1.03. The Labute approximate surface area is 104 Å². The van der Waals surface area contributed by atoms with Crippen LogP contribution in [0.2, 0.25) is 0 Å². The van der Waals surface area contributed by atoms with E-state index in [1.165, 1.54) is 5.56 Å². The molecule has 1 heterocycles. The number of rotatable bonds is 1. The average molecular weight is 284 g/mol. The van der Waals surface area contributed by atoms with E-state index in [9.17, 15) is 4.79 Å². The van der Waals surface area contributed by atoms with Gasteiger partial charge >= 0.3 is 0 Å². The SMILES string of the molecule is COc1cc2c(cc1Br)CCCC(=O)N2C. The van der Waals surface area contributed by atoms with Crippen LogP contribution in [-0.4, -0.2) is 20.1 Å². The highest BCUT2D eigenvalue weighted by molar-refractivity contribution is 9.10. The summed E-state index contributed by atoms with van der Waals surface area (Å²) in [6.45, 7) is 0. The zero-order valence-corrected chi connectivity index (χ0v) is 11.0. The third-order valence-electron chi connectivity index (χ3n) is 2.93. The predicted molar refractivity (Wildman–Crippen MR) is 67.0 cm³/mol. The fraction of sp³-hybridized carbons (Fsp3) is 0.417. The fourth-order valence-electron chi connectivity index (χ4n) is 1.98. The lowest BCUT2D eigenvalue weighted by Gasteiger charge is -2.19. The molecule has 0 saturated heterocycles. The van der Waals surface area contributed by atoms with Gasteiger partial charge in [0.2, 0.25) is 5.91 Å².